The van der Waals surface area contributed by atoms with Gasteiger partial charge in [-0.2, -0.15) is 0 Å². The summed E-state index contributed by atoms with van der Waals surface area (Å²) in [7, 11) is 0. The molecule has 22 heavy (non-hydrogen) atoms. The number of aromatic nitrogens is 3. The molecule has 0 bridgehead atoms. The number of nitrogens with one attached hydrogen (secondary N) is 1. The van der Waals surface area contributed by atoms with Gasteiger partial charge in [0.05, 0.1) is 12.5 Å². The molecule has 0 aliphatic carbocycles. The summed E-state index contributed by atoms with van der Waals surface area (Å²) in [5.74, 6) is 1.51. The Hall–Kier alpha value is -2.37. The molecule has 0 saturated heterocycles. The molecule has 1 aromatic carbocycles. The van der Waals surface area contributed by atoms with Gasteiger partial charge in [0.1, 0.15) is 18.7 Å². The summed E-state index contributed by atoms with van der Waals surface area (Å²) in [6, 6.07) is 7.86. The first-order valence-corrected chi connectivity index (χ1v) is 7.63. The van der Waals surface area contributed by atoms with Crippen LogP contribution in [0, 0.1) is 5.92 Å². The lowest BCUT2D eigenvalue weighted by molar-refractivity contribution is -0.126. The van der Waals surface area contributed by atoms with Gasteiger partial charge in [-0.25, -0.2) is 0 Å². The van der Waals surface area contributed by atoms with Crippen LogP contribution in [0.25, 0.3) is 0 Å². The predicted octanol–water partition coefficient (Wildman–Crippen LogP) is 1.56. The van der Waals surface area contributed by atoms with E-state index in [4.69, 9.17) is 4.74 Å². The number of nitrogens with zero attached hydrogens (tertiary/aromatic N) is 3. The Kier molecular flexibility index (Phi) is 4.37. The smallest absolute Gasteiger partial charge is 0.227 e. The highest BCUT2D eigenvalue weighted by Gasteiger charge is 2.25. The normalized spacial score (nSPS) is 16.7. The van der Waals surface area contributed by atoms with E-state index >= 15 is 0 Å². The van der Waals surface area contributed by atoms with Crippen LogP contribution in [0.4, 0.5) is 0 Å². The van der Waals surface area contributed by atoms with Crippen molar-refractivity contribution in [2.24, 2.45) is 5.92 Å². The Morgan fingerprint density at radius 2 is 2.32 bits per heavy atom. The van der Waals surface area contributed by atoms with Gasteiger partial charge in [0, 0.05) is 6.54 Å². The van der Waals surface area contributed by atoms with Crippen LogP contribution < -0.4 is 10.1 Å². The second-order valence-electron chi connectivity index (χ2n) is 5.48. The summed E-state index contributed by atoms with van der Waals surface area (Å²) >= 11 is 0. The van der Waals surface area contributed by atoms with E-state index in [2.05, 4.69) is 22.4 Å². The summed E-state index contributed by atoms with van der Waals surface area (Å²) in [6.07, 6.45) is 3.42. The van der Waals surface area contributed by atoms with Crippen molar-refractivity contribution < 1.29 is 9.53 Å². The molecular weight excluding hydrogens is 280 g/mol. The van der Waals surface area contributed by atoms with E-state index in [1.165, 1.54) is 0 Å². The van der Waals surface area contributed by atoms with Crippen LogP contribution in [-0.2, 0) is 24.3 Å². The third kappa shape index (κ3) is 3.10. The van der Waals surface area contributed by atoms with Crippen molar-refractivity contribution in [3.63, 3.8) is 0 Å². The average Bonchev–Trinajstić information content (AvgIpc) is 3.00. The zero-order chi connectivity index (χ0) is 15.4. The fourth-order valence-electron chi connectivity index (χ4n) is 2.65. The van der Waals surface area contributed by atoms with E-state index < -0.39 is 0 Å². The molecule has 0 fully saturated rings. The molecule has 1 aliphatic rings. The SMILES string of the molecule is CCCn1cnnc1CNC(=O)C1COc2ccccc2C1. The predicted molar refractivity (Wildman–Crippen MR) is 81.3 cm³/mol. The van der Waals surface area contributed by atoms with Crippen molar-refractivity contribution in [3.8, 4) is 5.75 Å². The van der Waals surface area contributed by atoms with Crippen molar-refractivity contribution in [3.05, 3.63) is 42.0 Å². The minimum atomic E-state index is -0.155. The van der Waals surface area contributed by atoms with Crippen molar-refractivity contribution in [2.45, 2.75) is 32.9 Å². The average molecular weight is 300 g/mol. The molecule has 1 unspecified atom stereocenters. The highest BCUT2D eigenvalue weighted by molar-refractivity contribution is 5.79. The lowest BCUT2D eigenvalue weighted by atomic mass is 9.96. The maximum atomic E-state index is 12.3. The van der Waals surface area contributed by atoms with E-state index in [0.29, 0.717) is 19.6 Å². The molecule has 0 saturated carbocycles. The topological polar surface area (TPSA) is 69.0 Å². The molecule has 1 atom stereocenters. The van der Waals surface area contributed by atoms with Gasteiger partial charge in [0.25, 0.3) is 0 Å². The zero-order valence-electron chi connectivity index (χ0n) is 12.7. The standard InChI is InChI=1S/C16H20N4O2/c1-2-7-20-11-18-19-15(20)9-17-16(21)13-8-12-5-3-4-6-14(12)22-10-13/h3-6,11,13H,2,7-10H2,1H3,(H,17,21). The number of amides is 1. The summed E-state index contributed by atoms with van der Waals surface area (Å²) < 4.78 is 7.63. The Balaban J connectivity index is 1.58. The van der Waals surface area contributed by atoms with Crippen LogP contribution in [0.5, 0.6) is 5.75 Å². The van der Waals surface area contributed by atoms with Gasteiger partial charge in [0.15, 0.2) is 5.82 Å². The molecule has 3 rings (SSSR count). The number of para-hydroxylation sites is 1. The summed E-state index contributed by atoms with van der Waals surface area (Å²) in [5.41, 5.74) is 1.09. The first-order chi connectivity index (χ1) is 10.8. The third-order valence-corrected chi connectivity index (χ3v) is 3.83. The number of aryl methyl sites for hydroxylation is 1. The van der Waals surface area contributed by atoms with Gasteiger partial charge in [-0.3, -0.25) is 4.79 Å². The third-order valence-electron chi connectivity index (χ3n) is 3.83. The molecule has 1 aromatic heterocycles. The maximum Gasteiger partial charge on any atom is 0.227 e. The Bertz CT molecular complexity index is 653. The van der Waals surface area contributed by atoms with E-state index in [1.807, 2.05) is 28.8 Å². The van der Waals surface area contributed by atoms with Gasteiger partial charge >= 0.3 is 0 Å². The Morgan fingerprint density at radius 3 is 3.18 bits per heavy atom. The van der Waals surface area contributed by atoms with Gasteiger partial charge in [-0.15, -0.1) is 10.2 Å². The number of carbonyl (C=O) groups excluding carboxylic acids is 1. The van der Waals surface area contributed by atoms with Crippen LogP contribution in [0.1, 0.15) is 24.7 Å². The summed E-state index contributed by atoms with van der Waals surface area (Å²) in [6.45, 7) is 3.78. The van der Waals surface area contributed by atoms with Crippen LogP contribution in [-0.4, -0.2) is 27.3 Å². The number of benzene rings is 1. The number of fused-ring (bicyclic) bond motifs is 1. The highest BCUT2D eigenvalue weighted by atomic mass is 16.5. The number of carbonyl (C=O) groups is 1. The van der Waals surface area contributed by atoms with E-state index in [1.54, 1.807) is 6.33 Å². The lowest BCUT2D eigenvalue weighted by Gasteiger charge is -2.24. The van der Waals surface area contributed by atoms with Crippen molar-refractivity contribution in [2.75, 3.05) is 6.61 Å². The molecule has 2 heterocycles. The minimum Gasteiger partial charge on any atom is -0.492 e. The molecule has 1 N–H and O–H groups in total. The lowest BCUT2D eigenvalue weighted by Crippen LogP contribution is -2.37. The van der Waals surface area contributed by atoms with E-state index in [0.717, 1.165) is 30.1 Å². The maximum absolute atomic E-state index is 12.3. The number of hydrogen-bond donors (Lipinski definition) is 1. The second-order valence-corrected chi connectivity index (χ2v) is 5.48. The fraction of sp³-hybridized carbons (Fsp3) is 0.438. The molecule has 0 spiro atoms. The largest absolute Gasteiger partial charge is 0.492 e. The first-order valence-electron chi connectivity index (χ1n) is 7.63. The molecule has 0 radical (unpaired) electrons. The Morgan fingerprint density at radius 1 is 1.45 bits per heavy atom. The number of hydrogen-bond acceptors (Lipinski definition) is 4. The van der Waals surface area contributed by atoms with Crippen molar-refractivity contribution >= 4 is 5.91 Å². The number of rotatable bonds is 5. The van der Waals surface area contributed by atoms with Crippen LogP contribution in [0.3, 0.4) is 0 Å². The van der Waals surface area contributed by atoms with Gasteiger partial charge in [0.2, 0.25) is 5.91 Å². The molecule has 6 nitrogen and oxygen atoms in total. The van der Waals surface area contributed by atoms with Crippen molar-refractivity contribution in [1.82, 2.24) is 20.1 Å². The quantitative estimate of drug-likeness (QED) is 0.909. The minimum absolute atomic E-state index is 0.000511. The van der Waals surface area contributed by atoms with Crippen LogP contribution in [0.2, 0.25) is 0 Å². The summed E-state index contributed by atoms with van der Waals surface area (Å²) in [5, 5.41) is 10.9. The zero-order valence-corrected chi connectivity index (χ0v) is 12.7. The molecule has 1 aliphatic heterocycles. The molecule has 2 aromatic rings. The molecule has 6 heteroatoms. The molecule has 1 amide bonds. The van der Waals surface area contributed by atoms with E-state index in [9.17, 15) is 4.79 Å². The van der Waals surface area contributed by atoms with Gasteiger partial charge < -0.3 is 14.6 Å². The van der Waals surface area contributed by atoms with Crippen LogP contribution in [0.15, 0.2) is 30.6 Å². The fourth-order valence-corrected chi connectivity index (χ4v) is 2.65. The van der Waals surface area contributed by atoms with E-state index in [-0.39, 0.29) is 11.8 Å². The van der Waals surface area contributed by atoms with Gasteiger partial charge in [-0.1, -0.05) is 25.1 Å². The van der Waals surface area contributed by atoms with Gasteiger partial charge in [-0.05, 0) is 24.5 Å². The van der Waals surface area contributed by atoms with Crippen LogP contribution >= 0.6 is 0 Å². The van der Waals surface area contributed by atoms with Crippen molar-refractivity contribution in [1.29, 1.82) is 0 Å². The first kappa shape index (κ1) is 14.6. The Labute approximate surface area is 129 Å². The summed E-state index contributed by atoms with van der Waals surface area (Å²) in [4.78, 5) is 12.3. The molecule has 116 valence electrons. The number of ether oxygens (including phenoxy) is 1. The monoisotopic (exact) mass is 300 g/mol. The molecular formula is C16H20N4O2. The highest BCUT2D eigenvalue weighted by Crippen LogP contribution is 2.26. The second kappa shape index (κ2) is 6.60.